The average Bonchev–Trinajstić information content (AvgIpc) is 2.35. The Bertz CT molecular complexity index is 546. The van der Waals surface area contributed by atoms with Crippen molar-refractivity contribution >= 4 is 29.1 Å². The lowest BCUT2D eigenvalue weighted by molar-refractivity contribution is -0.384. The summed E-state index contributed by atoms with van der Waals surface area (Å²) >= 11 is 5.64. The van der Waals surface area contributed by atoms with E-state index >= 15 is 0 Å². The molecule has 0 aliphatic heterocycles. The largest absolute Gasteiger partial charge is 0.352 e. The number of nitro groups is 1. The van der Waals surface area contributed by atoms with Crippen LogP contribution in [-0.4, -0.2) is 29.3 Å². The van der Waals surface area contributed by atoms with Crippen molar-refractivity contribution in [2.24, 2.45) is 0 Å². The maximum Gasteiger partial charge on any atom is 0.288 e. The standard InChI is InChI=1S/C12H14ClN3O4/c1-7(2)15-11(17)6-14-12(18)8-3-4-9(13)10(5-8)16(19)20/h3-5,7H,6H2,1-2H3,(H,14,18)(H,15,17). The number of amides is 2. The van der Waals surface area contributed by atoms with Crippen molar-refractivity contribution in [1.82, 2.24) is 10.6 Å². The Morgan fingerprint density at radius 2 is 2.05 bits per heavy atom. The van der Waals surface area contributed by atoms with Gasteiger partial charge >= 0.3 is 0 Å². The second kappa shape index (κ2) is 6.85. The van der Waals surface area contributed by atoms with Gasteiger partial charge in [0.2, 0.25) is 5.91 Å². The molecule has 1 rings (SSSR count). The van der Waals surface area contributed by atoms with Gasteiger partial charge in [0.05, 0.1) is 11.5 Å². The fraction of sp³-hybridized carbons (Fsp3) is 0.333. The van der Waals surface area contributed by atoms with Crippen molar-refractivity contribution in [1.29, 1.82) is 0 Å². The molecule has 2 amide bonds. The zero-order valence-corrected chi connectivity index (χ0v) is 11.7. The van der Waals surface area contributed by atoms with Crippen LogP contribution in [0.2, 0.25) is 5.02 Å². The van der Waals surface area contributed by atoms with Crippen molar-refractivity contribution in [3.05, 3.63) is 38.9 Å². The van der Waals surface area contributed by atoms with Gasteiger partial charge < -0.3 is 10.6 Å². The van der Waals surface area contributed by atoms with Crippen LogP contribution in [0.4, 0.5) is 5.69 Å². The second-order valence-corrected chi connectivity index (χ2v) is 4.74. The van der Waals surface area contributed by atoms with Crippen molar-refractivity contribution in [2.45, 2.75) is 19.9 Å². The van der Waals surface area contributed by atoms with Crippen molar-refractivity contribution < 1.29 is 14.5 Å². The van der Waals surface area contributed by atoms with E-state index in [0.29, 0.717) is 0 Å². The Hall–Kier alpha value is -2.15. The normalized spacial score (nSPS) is 10.2. The van der Waals surface area contributed by atoms with Crippen LogP contribution in [0, 0.1) is 10.1 Å². The minimum atomic E-state index is -0.676. The average molecular weight is 300 g/mol. The van der Waals surface area contributed by atoms with Crippen LogP contribution in [0.5, 0.6) is 0 Å². The summed E-state index contributed by atoms with van der Waals surface area (Å²) in [4.78, 5) is 33.2. The monoisotopic (exact) mass is 299 g/mol. The van der Waals surface area contributed by atoms with Gasteiger partial charge in [-0.3, -0.25) is 19.7 Å². The zero-order valence-electron chi connectivity index (χ0n) is 11.0. The van der Waals surface area contributed by atoms with Gasteiger partial charge in [-0.15, -0.1) is 0 Å². The third-order valence-electron chi connectivity index (χ3n) is 2.26. The number of halogens is 1. The predicted molar refractivity (Wildman–Crippen MR) is 73.7 cm³/mol. The van der Waals surface area contributed by atoms with Gasteiger partial charge in [0.1, 0.15) is 5.02 Å². The highest BCUT2D eigenvalue weighted by Gasteiger charge is 2.16. The van der Waals surface area contributed by atoms with Crippen LogP contribution in [-0.2, 0) is 4.79 Å². The summed E-state index contributed by atoms with van der Waals surface area (Å²) < 4.78 is 0. The first kappa shape index (κ1) is 15.9. The van der Waals surface area contributed by atoms with Crippen LogP contribution in [0.15, 0.2) is 18.2 Å². The molecule has 0 radical (unpaired) electrons. The van der Waals surface area contributed by atoms with E-state index in [1.54, 1.807) is 13.8 Å². The summed E-state index contributed by atoms with van der Waals surface area (Å²) in [6.45, 7) is 3.39. The van der Waals surface area contributed by atoms with Crippen LogP contribution in [0.3, 0.4) is 0 Å². The Morgan fingerprint density at radius 3 is 2.60 bits per heavy atom. The van der Waals surface area contributed by atoms with Gasteiger partial charge in [-0.1, -0.05) is 11.6 Å². The summed E-state index contributed by atoms with van der Waals surface area (Å²) in [5.74, 6) is -0.916. The lowest BCUT2D eigenvalue weighted by Gasteiger charge is -2.09. The summed E-state index contributed by atoms with van der Waals surface area (Å²) in [5, 5.41) is 15.6. The molecule has 1 aromatic carbocycles. The van der Waals surface area contributed by atoms with Gasteiger partial charge in [-0.2, -0.15) is 0 Å². The predicted octanol–water partition coefficient (Wildman–Crippen LogP) is 1.50. The molecule has 20 heavy (non-hydrogen) atoms. The SMILES string of the molecule is CC(C)NC(=O)CNC(=O)c1ccc(Cl)c([N+](=O)[O-])c1. The lowest BCUT2D eigenvalue weighted by Crippen LogP contribution is -2.39. The Balaban J connectivity index is 2.71. The molecule has 1 aromatic rings. The molecule has 0 aliphatic rings. The lowest BCUT2D eigenvalue weighted by atomic mass is 10.2. The molecule has 2 N–H and O–H groups in total. The highest BCUT2D eigenvalue weighted by atomic mass is 35.5. The van der Waals surface area contributed by atoms with Gasteiger partial charge in [0.25, 0.3) is 11.6 Å². The number of benzene rings is 1. The Labute approximate surface area is 120 Å². The first-order valence-corrected chi connectivity index (χ1v) is 6.20. The highest BCUT2D eigenvalue weighted by molar-refractivity contribution is 6.32. The molecule has 0 saturated carbocycles. The molecule has 108 valence electrons. The quantitative estimate of drug-likeness (QED) is 0.635. The summed E-state index contributed by atoms with van der Waals surface area (Å²) in [6.07, 6.45) is 0. The molecular formula is C12H14ClN3O4. The topological polar surface area (TPSA) is 101 Å². The van der Waals surface area contributed by atoms with E-state index in [1.807, 2.05) is 0 Å². The second-order valence-electron chi connectivity index (χ2n) is 4.33. The number of nitrogens with one attached hydrogen (secondary N) is 2. The fourth-order valence-electron chi connectivity index (χ4n) is 1.43. The zero-order chi connectivity index (χ0) is 15.3. The van der Waals surface area contributed by atoms with Crippen molar-refractivity contribution in [3.63, 3.8) is 0 Å². The summed E-state index contributed by atoms with van der Waals surface area (Å²) in [7, 11) is 0. The molecule has 0 saturated heterocycles. The minimum Gasteiger partial charge on any atom is -0.352 e. The third kappa shape index (κ3) is 4.51. The first-order valence-electron chi connectivity index (χ1n) is 5.82. The minimum absolute atomic E-state index is 0.0315. The first-order chi connectivity index (χ1) is 9.31. The Kier molecular flexibility index (Phi) is 5.45. The Morgan fingerprint density at radius 1 is 1.40 bits per heavy atom. The summed E-state index contributed by atoms with van der Waals surface area (Å²) in [6, 6.07) is 3.65. The van der Waals surface area contributed by atoms with E-state index in [4.69, 9.17) is 11.6 Å². The third-order valence-corrected chi connectivity index (χ3v) is 2.58. The fourth-order valence-corrected chi connectivity index (χ4v) is 1.62. The molecule has 0 fully saturated rings. The molecule has 0 heterocycles. The van der Waals surface area contributed by atoms with E-state index in [-0.39, 0.29) is 34.8 Å². The highest BCUT2D eigenvalue weighted by Crippen LogP contribution is 2.24. The van der Waals surface area contributed by atoms with Crippen molar-refractivity contribution in [3.8, 4) is 0 Å². The summed E-state index contributed by atoms with van der Waals surface area (Å²) in [5.41, 5.74) is -0.288. The van der Waals surface area contributed by atoms with Gasteiger partial charge in [0.15, 0.2) is 0 Å². The van der Waals surface area contributed by atoms with Crippen molar-refractivity contribution in [2.75, 3.05) is 6.54 Å². The van der Waals surface area contributed by atoms with Crippen LogP contribution in [0.25, 0.3) is 0 Å². The molecule has 7 nitrogen and oxygen atoms in total. The number of nitrogens with zero attached hydrogens (tertiary/aromatic N) is 1. The van der Waals surface area contributed by atoms with E-state index in [9.17, 15) is 19.7 Å². The molecule has 0 aliphatic carbocycles. The molecular weight excluding hydrogens is 286 g/mol. The number of carbonyl (C=O) groups is 2. The van der Waals surface area contributed by atoms with Gasteiger partial charge in [-0.05, 0) is 26.0 Å². The van der Waals surface area contributed by atoms with Gasteiger partial charge in [0, 0.05) is 17.7 Å². The van der Waals surface area contributed by atoms with E-state index in [2.05, 4.69) is 10.6 Å². The smallest absolute Gasteiger partial charge is 0.288 e. The molecule has 0 aromatic heterocycles. The molecule has 0 unspecified atom stereocenters. The maximum atomic E-state index is 11.8. The van der Waals surface area contributed by atoms with Gasteiger partial charge in [-0.25, -0.2) is 0 Å². The van der Waals surface area contributed by atoms with E-state index < -0.39 is 10.8 Å². The molecule has 0 bridgehead atoms. The molecule has 0 atom stereocenters. The number of rotatable bonds is 5. The maximum absolute atomic E-state index is 11.8. The van der Waals surface area contributed by atoms with E-state index in [1.165, 1.54) is 12.1 Å². The molecule has 8 heteroatoms. The molecule has 0 spiro atoms. The number of carbonyl (C=O) groups excluding carboxylic acids is 2. The number of hydrogen-bond acceptors (Lipinski definition) is 4. The number of hydrogen-bond donors (Lipinski definition) is 2. The number of nitro benzene ring substituents is 1. The van der Waals surface area contributed by atoms with E-state index in [0.717, 1.165) is 6.07 Å². The van der Waals surface area contributed by atoms with Crippen LogP contribution < -0.4 is 10.6 Å². The van der Waals surface area contributed by atoms with Crippen LogP contribution in [0.1, 0.15) is 24.2 Å². The van der Waals surface area contributed by atoms with Crippen LogP contribution >= 0.6 is 11.6 Å².